The molecule has 14 heavy (non-hydrogen) atoms. The van der Waals surface area contributed by atoms with Crippen LogP contribution in [0.4, 0.5) is 5.82 Å². The Morgan fingerprint density at radius 1 is 1.50 bits per heavy atom. The van der Waals surface area contributed by atoms with Gasteiger partial charge in [-0.05, 0) is 18.6 Å². The van der Waals surface area contributed by atoms with Crippen molar-refractivity contribution in [3.8, 4) is 0 Å². The Kier molecular flexibility index (Phi) is 4.09. The Hall–Kier alpha value is -0.880. The van der Waals surface area contributed by atoms with Crippen molar-refractivity contribution in [3.05, 3.63) is 18.3 Å². The van der Waals surface area contributed by atoms with Crippen molar-refractivity contribution in [1.82, 2.24) is 10.2 Å². The van der Waals surface area contributed by atoms with Gasteiger partial charge in [0.15, 0.2) is 5.82 Å². The lowest BCUT2D eigenvalue weighted by atomic mass is 10.6. The van der Waals surface area contributed by atoms with Crippen LogP contribution in [0.1, 0.15) is 6.42 Å². The van der Waals surface area contributed by atoms with Gasteiger partial charge in [-0.2, -0.15) is 5.10 Å². The molecule has 0 saturated carbocycles. The third-order valence-electron chi connectivity index (χ3n) is 1.38. The molecule has 0 aliphatic carbocycles. The average molecular weight is 236 g/mol. The molecule has 0 aliphatic rings. The topological polar surface area (TPSA) is 72.0 Å². The van der Waals surface area contributed by atoms with Gasteiger partial charge in [0.2, 0.25) is 10.0 Å². The summed E-state index contributed by atoms with van der Waals surface area (Å²) >= 11 is 5.39. The van der Waals surface area contributed by atoms with Crippen LogP contribution in [0.25, 0.3) is 0 Å². The molecule has 1 heterocycles. The second-order valence-electron chi connectivity index (χ2n) is 2.57. The summed E-state index contributed by atoms with van der Waals surface area (Å²) in [4.78, 5) is 0. The van der Waals surface area contributed by atoms with Crippen LogP contribution in [-0.4, -0.2) is 30.2 Å². The summed E-state index contributed by atoms with van der Waals surface area (Å²) < 4.78 is 24.9. The number of hydrogen-bond acceptors (Lipinski definition) is 4. The highest BCUT2D eigenvalue weighted by Crippen LogP contribution is 2.03. The minimum absolute atomic E-state index is 0.00687. The quantitative estimate of drug-likeness (QED) is 0.768. The second kappa shape index (κ2) is 5.11. The number of hydrogen-bond donors (Lipinski definition) is 1. The van der Waals surface area contributed by atoms with Gasteiger partial charge in [0.1, 0.15) is 0 Å². The van der Waals surface area contributed by atoms with Gasteiger partial charge in [0.05, 0.1) is 5.75 Å². The van der Waals surface area contributed by atoms with Gasteiger partial charge in [-0.1, -0.05) is 0 Å². The predicted octanol–water partition coefficient (Wildman–Crippen LogP) is 0.847. The molecule has 7 heteroatoms. The van der Waals surface area contributed by atoms with E-state index in [0.717, 1.165) is 0 Å². The molecule has 1 aromatic heterocycles. The monoisotopic (exact) mass is 235 g/mol. The van der Waals surface area contributed by atoms with Crippen LogP contribution in [-0.2, 0) is 10.0 Å². The van der Waals surface area contributed by atoms with E-state index in [1.165, 1.54) is 12.3 Å². The first-order valence-corrected chi connectivity index (χ1v) is 6.17. The Balaban J connectivity index is 2.60. The van der Waals surface area contributed by atoms with E-state index in [-0.39, 0.29) is 11.6 Å². The highest BCUT2D eigenvalue weighted by Gasteiger charge is 2.09. The van der Waals surface area contributed by atoms with Crippen LogP contribution in [0, 0.1) is 0 Å². The van der Waals surface area contributed by atoms with Crippen molar-refractivity contribution in [3.63, 3.8) is 0 Å². The molecule has 0 saturated heterocycles. The van der Waals surface area contributed by atoms with Gasteiger partial charge in [-0.3, -0.25) is 4.72 Å². The zero-order chi connectivity index (χ0) is 10.4. The van der Waals surface area contributed by atoms with Crippen molar-refractivity contribution in [2.24, 2.45) is 0 Å². The number of aromatic nitrogens is 2. The summed E-state index contributed by atoms with van der Waals surface area (Å²) in [7, 11) is -3.33. The van der Waals surface area contributed by atoms with E-state index in [1.54, 1.807) is 6.07 Å². The number of nitrogens with zero attached hydrogens (tertiary/aromatic N) is 2. The van der Waals surface area contributed by atoms with Gasteiger partial charge in [-0.25, -0.2) is 8.42 Å². The van der Waals surface area contributed by atoms with Crippen LogP contribution >= 0.6 is 11.6 Å². The van der Waals surface area contributed by atoms with E-state index in [1.807, 2.05) is 0 Å². The third kappa shape index (κ3) is 3.89. The zero-order valence-corrected chi connectivity index (χ0v) is 8.92. The maximum absolute atomic E-state index is 11.3. The second-order valence-corrected chi connectivity index (χ2v) is 4.79. The van der Waals surface area contributed by atoms with Crippen LogP contribution < -0.4 is 4.72 Å². The maximum Gasteiger partial charge on any atom is 0.233 e. The average Bonchev–Trinajstić information content (AvgIpc) is 2.16. The molecule has 0 unspecified atom stereocenters. The van der Waals surface area contributed by atoms with Crippen molar-refractivity contribution in [2.75, 3.05) is 16.4 Å². The van der Waals surface area contributed by atoms with Gasteiger partial charge in [0.25, 0.3) is 0 Å². The molecule has 0 spiro atoms. The summed E-state index contributed by atoms with van der Waals surface area (Å²) in [6, 6.07) is 3.14. The van der Waals surface area contributed by atoms with E-state index in [0.29, 0.717) is 12.3 Å². The van der Waals surface area contributed by atoms with E-state index < -0.39 is 10.0 Å². The number of anilines is 1. The molecule has 0 amide bonds. The molecule has 1 N–H and O–H groups in total. The summed E-state index contributed by atoms with van der Waals surface area (Å²) in [5.41, 5.74) is 0. The fraction of sp³-hybridized carbons (Fsp3) is 0.429. The molecule has 0 fully saturated rings. The van der Waals surface area contributed by atoms with Gasteiger partial charge in [-0.15, -0.1) is 16.7 Å². The number of halogens is 1. The first-order valence-electron chi connectivity index (χ1n) is 3.98. The Labute approximate surface area is 87.5 Å². The molecular formula is C7H10ClN3O2S. The van der Waals surface area contributed by atoms with Crippen LogP contribution in [0.2, 0.25) is 0 Å². The highest BCUT2D eigenvalue weighted by molar-refractivity contribution is 7.92. The molecule has 0 aromatic carbocycles. The molecule has 0 aliphatic heterocycles. The van der Waals surface area contributed by atoms with E-state index in [4.69, 9.17) is 11.6 Å². The molecule has 1 rings (SSSR count). The smallest absolute Gasteiger partial charge is 0.233 e. The molecule has 0 atom stereocenters. The number of alkyl halides is 1. The van der Waals surface area contributed by atoms with E-state index in [2.05, 4.69) is 14.9 Å². The molecule has 78 valence electrons. The summed E-state index contributed by atoms with van der Waals surface area (Å²) in [6.45, 7) is 0. The number of nitrogens with one attached hydrogen (secondary N) is 1. The van der Waals surface area contributed by atoms with Gasteiger partial charge >= 0.3 is 0 Å². The lowest BCUT2D eigenvalue weighted by Gasteiger charge is -2.04. The molecule has 0 bridgehead atoms. The summed E-state index contributed by atoms with van der Waals surface area (Å²) in [5, 5.41) is 7.14. The third-order valence-corrected chi connectivity index (χ3v) is 2.99. The Morgan fingerprint density at radius 2 is 2.29 bits per heavy atom. The first-order chi connectivity index (χ1) is 6.64. The van der Waals surface area contributed by atoms with Gasteiger partial charge < -0.3 is 0 Å². The minimum Gasteiger partial charge on any atom is -0.266 e. The minimum atomic E-state index is -3.33. The summed E-state index contributed by atoms with van der Waals surface area (Å²) in [6.07, 6.45) is 1.88. The van der Waals surface area contributed by atoms with E-state index in [9.17, 15) is 8.42 Å². The fourth-order valence-electron chi connectivity index (χ4n) is 0.811. The Morgan fingerprint density at radius 3 is 2.86 bits per heavy atom. The number of rotatable bonds is 5. The van der Waals surface area contributed by atoms with Crippen LogP contribution in [0.3, 0.4) is 0 Å². The standard InChI is InChI=1S/C7H10ClN3O2S/c8-4-2-6-14(12,13)11-7-3-1-5-9-10-7/h1,3,5H,2,4,6H2,(H,10,11). The normalized spacial score (nSPS) is 11.2. The Bertz CT molecular complexity index is 368. The van der Waals surface area contributed by atoms with Crippen LogP contribution in [0.5, 0.6) is 0 Å². The van der Waals surface area contributed by atoms with Crippen molar-refractivity contribution >= 4 is 27.4 Å². The fourth-order valence-corrected chi connectivity index (χ4v) is 2.16. The zero-order valence-electron chi connectivity index (χ0n) is 7.35. The van der Waals surface area contributed by atoms with E-state index >= 15 is 0 Å². The lowest BCUT2D eigenvalue weighted by Crippen LogP contribution is -2.17. The molecule has 5 nitrogen and oxygen atoms in total. The van der Waals surface area contributed by atoms with Crippen molar-refractivity contribution in [1.29, 1.82) is 0 Å². The maximum atomic E-state index is 11.3. The molecular weight excluding hydrogens is 226 g/mol. The first kappa shape index (κ1) is 11.2. The van der Waals surface area contributed by atoms with Crippen LogP contribution in [0.15, 0.2) is 18.3 Å². The highest BCUT2D eigenvalue weighted by atomic mass is 35.5. The van der Waals surface area contributed by atoms with Crippen molar-refractivity contribution < 1.29 is 8.42 Å². The summed E-state index contributed by atoms with van der Waals surface area (Å²) in [5.74, 6) is 0.538. The largest absolute Gasteiger partial charge is 0.266 e. The number of sulfonamides is 1. The predicted molar refractivity (Wildman–Crippen MR) is 54.8 cm³/mol. The van der Waals surface area contributed by atoms with Crippen molar-refractivity contribution in [2.45, 2.75) is 6.42 Å². The lowest BCUT2D eigenvalue weighted by molar-refractivity contribution is 0.599. The molecule has 1 aromatic rings. The SMILES string of the molecule is O=S(=O)(CCCCl)Nc1cccnn1. The molecule has 0 radical (unpaired) electrons. The van der Waals surface area contributed by atoms with Gasteiger partial charge in [0, 0.05) is 12.1 Å².